The number of carbonyl (C=O) groups excluding carboxylic acids is 1. The third-order valence-electron chi connectivity index (χ3n) is 3.15. The molecule has 0 bridgehead atoms. The van der Waals surface area contributed by atoms with Gasteiger partial charge in [-0.15, -0.1) is 0 Å². The van der Waals surface area contributed by atoms with E-state index in [9.17, 15) is 4.79 Å². The fraction of sp³-hybridized carbons (Fsp3) is 0.583. The summed E-state index contributed by atoms with van der Waals surface area (Å²) in [5.41, 5.74) is 0. The number of rotatable bonds is 4. The Balaban J connectivity index is 2.08. The molecule has 1 amide bonds. The minimum absolute atomic E-state index is 0.216. The van der Waals surface area contributed by atoms with Crippen LogP contribution in [0, 0.1) is 0 Å². The van der Waals surface area contributed by atoms with E-state index >= 15 is 0 Å². The molecule has 2 heterocycles. The molecule has 1 aliphatic heterocycles. The number of aromatic nitrogens is 2. The van der Waals surface area contributed by atoms with E-state index in [4.69, 9.17) is 0 Å². The lowest BCUT2D eigenvalue weighted by Gasteiger charge is -2.38. The lowest BCUT2D eigenvalue weighted by molar-refractivity contribution is -0.120. The van der Waals surface area contributed by atoms with Gasteiger partial charge in [0.25, 0.3) is 0 Å². The van der Waals surface area contributed by atoms with Gasteiger partial charge in [0.15, 0.2) is 0 Å². The Bertz CT molecular complexity index is 411. The molecule has 0 unspecified atom stereocenters. The smallest absolute Gasteiger partial charge is 0.210 e. The summed E-state index contributed by atoms with van der Waals surface area (Å²) in [6.07, 6.45) is 2.50. The monoisotopic (exact) mass is 249 g/mol. The van der Waals surface area contributed by atoms with E-state index in [2.05, 4.69) is 20.2 Å². The molecule has 0 spiro atoms. The first-order chi connectivity index (χ1) is 8.74. The quantitative estimate of drug-likeness (QED) is 0.791. The molecule has 1 aliphatic rings. The van der Waals surface area contributed by atoms with Crippen molar-refractivity contribution in [2.45, 2.75) is 19.9 Å². The Labute approximate surface area is 107 Å². The topological polar surface area (TPSA) is 61.4 Å². The molecule has 0 saturated carbocycles. The number of carbonyl (C=O) groups is 1. The fourth-order valence-corrected chi connectivity index (χ4v) is 2.13. The van der Waals surface area contributed by atoms with Crippen molar-refractivity contribution in [3.63, 3.8) is 0 Å². The van der Waals surface area contributed by atoms with E-state index in [1.54, 1.807) is 6.33 Å². The van der Waals surface area contributed by atoms with Crippen molar-refractivity contribution < 1.29 is 4.79 Å². The summed E-state index contributed by atoms with van der Waals surface area (Å²) in [5, 5.41) is 3.17. The van der Waals surface area contributed by atoms with Crippen LogP contribution >= 0.6 is 0 Å². The number of hydrogen-bond donors (Lipinski definition) is 1. The highest BCUT2D eigenvalue weighted by atomic mass is 16.1. The Morgan fingerprint density at radius 3 is 3.00 bits per heavy atom. The summed E-state index contributed by atoms with van der Waals surface area (Å²) in [5.74, 6) is 1.76. The molecule has 0 aliphatic carbocycles. The van der Waals surface area contributed by atoms with Gasteiger partial charge < -0.3 is 15.1 Å². The molecule has 1 fully saturated rings. The molecule has 1 N–H and O–H groups in total. The molecule has 6 nitrogen and oxygen atoms in total. The van der Waals surface area contributed by atoms with E-state index in [0.717, 1.165) is 44.2 Å². The largest absolute Gasteiger partial charge is 0.370 e. The van der Waals surface area contributed by atoms with Crippen LogP contribution in [0.3, 0.4) is 0 Å². The summed E-state index contributed by atoms with van der Waals surface area (Å²) in [6.45, 7) is 7.28. The molecule has 1 atom stereocenters. The van der Waals surface area contributed by atoms with Gasteiger partial charge in [0.1, 0.15) is 18.0 Å². The van der Waals surface area contributed by atoms with E-state index in [-0.39, 0.29) is 6.04 Å². The van der Waals surface area contributed by atoms with Gasteiger partial charge in [0.2, 0.25) is 6.41 Å². The molecule has 6 heteroatoms. The summed E-state index contributed by atoms with van der Waals surface area (Å²) < 4.78 is 0. The van der Waals surface area contributed by atoms with Crippen LogP contribution in [0.4, 0.5) is 11.6 Å². The summed E-state index contributed by atoms with van der Waals surface area (Å²) in [4.78, 5) is 23.3. The predicted octanol–water partition coefficient (Wildman–Crippen LogP) is 0.575. The highest BCUT2D eigenvalue weighted by molar-refractivity contribution is 5.52. The SMILES string of the molecule is CCNc1cc(N2CCN(C=O)[C@@H](C)C2)ncn1. The van der Waals surface area contributed by atoms with Crippen molar-refractivity contribution in [2.24, 2.45) is 0 Å². The molecule has 0 radical (unpaired) electrons. The number of nitrogens with one attached hydrogen (secondary N) is 1. The van der Waals surface area contributed by atoms with Crippen LogP contribution in [0.2, 0.25) is 0 Å². The zero-order chi connectivity index (χ0) is 13.0. The van der Waals surface area contributed by atoms with Gasteiger partial charge in [0.05, 0.1) is 0 Å². The number of hydrogen-bond acceptors (Lipinski definition) is 5. The Morgan fingerprint density at radius 1 is 1.50 bits per heavy atom. The van der Waals surface area contributed by atoms with Crippen LogP contribution in [0.1, 0.15) is 13.8 Å². The van der Waals surface area contributed by atoms with Crippen LogP contribution in [-0.4, -0.2) is 53.5 Å². The van der Waals surface area contributed by atoms with Gasteiger partial charge in [-0.25, -0.2) is 9.97 Å². The first-order valence-electron chi connectivity index (χ1n) is 6.26. The van der Waals surface area contributed by atoms with Crippen molar-refractivity contribution in [3.8, 4) is 0 Å². The molecule has 1 aromatic rings. The first kappa shape index (κ1) is 12.6. The Morgan fingerprint density at radius 2 is 2.33 bits per heavy atom. The average Bonchev–Trinajstić information content (AvgIpc) is 2.39. The van der Waals surface area contributed by atoms with Crippen molar-refractivity contribution >= 4 is 18.0 Å². The predicted molar refractivity (Wildman–Crippen MR) is 70.6 cm³/mol. The standard InChI is InChI=1S/C12H19N5O/c1-3-13-11-6-12(15-8-14-11)16-4-5-17(9-18)10(2)7-16/h6,8-10H,3-5,7H2,1-2H3,(H,13,14,15)/t10-/m0/s1. The zero-order valence-electron chi connectivity index (χ0n) is 10.8. The van der Waals surface area contributed by atoms with Crippen molar-refractivity contribution in [1.82, 2.24) is 14.9 Å². The molecular weight excluding hydrogens is 230 g/mol. The van der Waals surface area contributed by atoms with Crippen LogP contribution in [0.15, 0.2) is 12.4 Å². The molecular formula is C12H19N5O. The van der Waals surface area contributed by atoms with Gasteiger partial charge in [-0.3, -0.25) is 4.79 Å². The number of amides is 1. The molecule has 1 aromatic heterocycles. The van der Waals surface area contributed by atoms with Gasteiger partial charge in [-0.05, 0) is 13.8 Å². The lowest BCUT2D eigenvalue weighted by atomic mass is 10.2. The minimum Gasteiger partial charge on any atom is -0.370 e. The van der Waals surface area contributed by atoms with Gasteiger partial charge in [-0.1, -0.05) is 0 Å². The molecule has 0 aromatic carbocycles. The summed E-state index contributed by atoms with van der Waals surface area (Å²) in [7, 11) is 0. The Kier molecular flexibility index (Phi) is 3.96. The number of nitrogens with zero attached hydrogens (tertiary/aromatic N) is 4. The normalized spacial score (nSPS) is 19.8. The van der Waals surface area contributed by atoms with E-state index in [0.29, 0.717) is 0 Å². The third kappa shape index (κ3) is 2.69. The fourth-order valence-electron chi connectivity index (χ4n) is 2.13. The number of anilines is 2. The highest BCUT2D eigenvalue weighted by Crippen LogP contribution is 2.17. The molecule has 2 rings (SSSR count). The van der Waals surface area contributed by atoms with Gasteiger partial charge in [0, 0.05) is 38.3 Å². The van der Waals surface area contributed by atoms with Crippen LogP contribution in [0.5, 0.6) is 0 Å². The van der Waals surface area contributed by atoms with E-state index < -0.39 is 0 Å². The second-order valence-corrected chi connectivity index (χ2v) is 4.43. The lowest BCUT2D eigenvalue weighted by Crippen LogP contribution is -2.51. The van der Waals surface area contributed by atoms with Crippen LogP contribution < -0.4 is 10.2 Å². The van der Waals surface area contributed by atoms with Crippen molar-refractivity contribution in [1.29, 1.82) is 0 Å². The second-order valence-electron chi connectivity index (χ2n) is 4.43. The van der Waals surface area contributed by atoms with Gasteiger partial charge in [-0.2, -0.15) is 0 Å². The third-order valence-corrected chi connectivity index (χ3v) is 3.15. The van der Waals surface area contributed by atoms with Crippen LogP contribution in [-0.2, 0) is 4.79 Å². The average molecular weight is 249 g/mol. The molecule has 98 valence electrons. The Hall–Kier alpha value is -1.85. The molecule has 18 heavy (non-hydrogen) atoms. The van der Waals surface area contributed by atoms with Crippen molar-refractivity contribution in [2.75, 3.05) is 36.4 Å². The first-order valence-corrected chi connectivity index (χ1v) is 6.26. The van der Waals surface area contributed by atoms with E-state index in [1.165, 1.54) is 0 Å². The zero-order valence-corrected chi connectivity index (χ0v) is 10.8. The highest BCUT2D eigenvalue weighted by Gasteiger charge is 2.23. The maximum atomic E-state index is 10.8. The second kappa shape index (κ2) is 5.66. The maximum Gasteiger partial charge on any atom is 0.210 e. The molecule has 1 saturated heterocycles. The van der Waals surface area contributed by atoms with Gasteiger partial charge >= 0.3 is 0 Å². The number of piperazine rings is 1. The van der Waals surface area contributed by atoms with E-state index in [1.807, 2.05) is 24.8 Å². The maximum absolute atomic E-state index is 10.8. The summed E-state index contributed by atoms with van der Waals surface area (Å²) in [6, 6.07) is 2.17. The minimum atomic E-state index is 0.216. The van der Waals surface area contributed by atoms with Crippen molar-refractivity contribution in [3.05, 3.63) is 12.4 Å². The summed E-state index contributed by atoms with van der Waals surface area (Å²) >= 11 is 0. The van der Waals surface area contributed by atoms with Crippen LogP contribution in [0.25, 0.3) is 0 Å².